The van der Waals surface area contributed by atoms with Crippen molar-refractivity contribution in [3.8, 4) is 0 Å². The molecule has 1 fully saturated rings. The van der Waals surface area contributed by atoms with Crippen molar-refractivity contribution in [3.05, 3.63) is 0 Å². The normalized spacial score (nSPS) is 19.1. The van der Waals surface area contributed by atoms with Gasteiger partial charge in [0.25, 0.3) is 11.8 Å². The fourth-order valence-corrected chi connectivity index (χ4v) is 6.22. The number of rotatable bonds is 30. The molecule has 0 radical (unpaired) electrons. The standard InChI is InChI=1S/C32H58N6O21/c39-14-18(41)24(51)26(53)28(55)30(57)33-3-5-38(6-4-34-31(58)29(56)27(54)25(52)19(42)15-40)59-9-1-2-32(37(12-22(47)48)13-23(49)50)16-35(10-20(43)44)7-8-36(17-32)11-21(45)46/h18-19,24-29,39-42,51-56H,1-17H2,(H,33,57)(H,34,58)(H,43,44)(H,45,46)(H,47,48)(H,49,50). The van der Waals surface area contributed by atoms with Gasteiger partial charge in [-0.2, -0.15) is 5.06 Å². The highest BCUT2D eigenvalue weighted by Gasteiger charge is 2.44. The molecule has 342 valence electrons. The first-order valence-electron chi connectivity index (χ1n) is 18.3. The Morgan fingerprint density at radius 3 is 1.34 bits per heavy atom. The number of carboxylic acids is 4. The van der Waals surface area contributed by atoms with Crippen LogP contribution < -0.4 is 10.6 Å². The third-order valence-corrected chi connectivity index (χ3v) is 9.24. The number of carboxylic acid groups (broad SMARTS) is 4. The molecule has 0 aromatic carbocycles. The van der Waals surface area contributed by atoms with E-state index in [4.69, 9.17) is 15.1 Å². The van der Waals surface area contributed by atoms with E-state index in [1.165, 1.54) is 9.80 Å². The fourth-order valence-electron chi connectivity index (χ4n) is 6.22. The zero-order chi connectivity index (χ0) is 45.0. The van der Waals surface area contributed by atoms with Crippen LogP contribution in [0.1, 0.15) is 12.8 Å². The molecule has 27 heteroatoms. The molecule has 1 heterocycles. The maximum absolute atomic E-state index is 12.5. The van der Waals surface area contributed by atoms with Gasteiger partial charge >= 0.3 is 23.9 Å². The summed E-state index contributed by atoms with van der Waals surface area (Å²) in [5.74, 6) is -7.84. The van der Waals surface area contributed by atoms with E-state index < -0.39 is 129 Å². The third-order valence-electron chi connectivity index (χ3n) is 9.24. The lowest BCUT2D eigenvalue weighted by Gasteiger charge is -2.45. The number of hydroxylamine groups is 2. The van der Waals surface area contributed by atoms with Gasteiger partial charge in [0.2, 0.25) is 0 Å². The lowest BCUT2D eigenvalue weighted by atomic mass is 9.89. The Hall–Kier alpha value is -3.78. The van der Waals surface area contributed by atoms with Crippen molar-refractivity contribution in [2.45, 2.75) is 67.2 Å². The Kier molecular flexibility index (Phi) is 23.9. The molecular weight excluding hydrogens is 804 g/mol. The van der Waals surface area contributed by atoms with Gasteiger partial charge in [-0.1, -0.05) is 0 Å². The minimum Gasteiger partial charge on any atom is -0.480 e. The van der Waals surface area contributed by atoms with Crippen LogP contribution in [0.2, 0.25) is 0 Å². The number of aliphatic carboxylic acids is 4. The smallest absolute Gasteiger partial charge is 0.317 e. The highest BCUT2D eigenvalue weighted by atomic mass is 16.7. The lowest BCUT2D eigenvalue weighted by molar-refractivity contribution is -0.164. The van der Waals surface area contributed by atoms with E-state index in [2.05, 4.69) is 10.6 Å². The fraction of sp³-hybridized carbons (Fsp3) is 0.812. The summed E-state index contributed by atoms with van der Waals surface area (Å²) in [4.78, 5) is 82.0. The van der Waals surface area contributed by atoms with Crippen LogP contribution in [0.4, 0.5) is 0 Å². The van der Waals surface area contributed by atoms with Gasteiger partial charge in [0.15, 0.2) is 12.2 Å². The topological polar surface area (TPSA) is 432 Å². The molecule has 8 unspecified atom stereocenters. The number of nitrogens with one attached hydrogen (secondary N) is 2. The Labute approximate surface area is 336 Å². The number of carbonyl (C=O) groups excluding carboxylic acids is 2. The molecule has 27 nitrogen and oxygen atoms in total. The Bertz CT molecular complexity index is 1260. The molecule has 8 atom stereocenters. The van der Waals surface area contributed by atoms with Gasteiger partial charge < -0.3 is 82.1 Å². The molecule has 1 aliphatic rings. The molecule has 0 aromatic rings. The van der Waals surface area contributed by atoms with Crippen molar-refractivity contribution in [2.24, 2.45) is 0 Å². The van der Waals surface area contributed by atoms with E-state index in [0.717, 1.165) is 9.96 Å². The van der Waals surface area contributed by atoms with Crippen molar-refractivity contribution >= 4 is 35.7 Å². The SMILES string of the molecule is O=C(O)CN1CCN(CC(=O)O)CC(CCCON(CCNC(=O)C(O)C(O)C(O)C(O)CO)CCNC(=O)C(O)C(O)C(O)C(O)CO)(N(CC(=O)O)CC(=O)O)C1. The summed E-state index contributed by atoms with van der Waals surface area (Å²) in [5, 5.41) is 141. The monoisotopic (exact) mass is 862 g/mol. The van der Waals surface area contributed by atoms with Gasteiger partial charge in [-0.05, 0) is 12.8 Å². The first-order valence-corrected chi connectivity index (χ1v) is 18.3. The Balaban J connectivity index is 3.29. The molecule has 1 rings (SSSR count). The molecular formula is C32H58N6O21. The van der Waals surface area contributed by atoms with Crippen molar-refractivity contribution in [1.82, 2.24) is 30.4 Å². The zero-order valence-electron chi connectivity index (χ0n) is 32.0. The molecule has 0 saturated carbocycles. The molecule has 2 amide bonds. The average Bonchev–Trinajstić information content (AvgIpc) is 3.34. The number of hydrogen-bond acceptors (Lipinski definition) is 21. The van der Waals surface area contributed by atoms with E-state index in [1.807, 2.05) is 0 Å². The first-order chi connectivity index (χ1) is 27.6. The van der Waals surface area contributed by atoms with Gasteiger partial charge in [0, 0.05) is 57.9 Å². The van der Waals surface area contributed by atoms with Crippen LogP contribution in [0.15, 0.2) is 0 Å². The van der Waals surface area contributed by atoms with Crippen molar-refractivity contribution in [2.75, 3.05) is 98.4 Å². The van der Waals surface area contributed by atoms with Crippen molar-refractivity contribution < 1.29 is 105 Å². The van der Waals surface area contributed by atoms with Gasteiger partial charge in [-0.15, -0.1) is 0 Å². The first kappa shape index (κ1) is 53.2. The number of hydrogen-bond donors (Lipinski definition) is 16. The number of carbonyl (C=O) groups is 6. The van der Waals surface area contributed by atoms with E-state index in [9.17, 15) is 90.0 Å². The second-order valence-electron chi connectivity index (χ2n) is 13.9. The van der Waals surface area contributed by atoms with Gasteiger partial charge in [-0.3, -0.25) is 48.3 Å². The molecule has 0 aliphatic carbocycles. The van der Waals surface area contributed by atoms with E-state index >= 15 is 0 Å². The van der Waals surface area contributed by atoms with Crippen LogP contribution >= 0.6 is 0 Å². The quantitative estimate of drug-likeness (QED) is 0.0235. The molecule has 0 bridgehead atoms. The molecule has 59 heavy (non-hydrogen) atoms. The van der Waals surface area contributed by atoms with E-state index in [0.29, 0.717) is 0 Å². The van der Waals surface area contributed by atoms with Crippen LogP contribution in [0.5, 0.6) is 0 Å². The van der Waals surface area contributed by atoms with Crippen LogP contribution in [-0.4, -0.2) is 280 Å². The summed E-state index contributed by atoms with van der Waals surface area (Å²) in [7, 11) is 0. The highest BCUT2D eigenvalue weighted by molar-refractivity contribution is 5.81. The largest absolute Gasteiger partial charge is 0.480 e. The number of amides is 2. The summed E-state index contributed by atoms with van der Waals surface area (Å²) in [6, 6.07) is 0. The summed E-state index contributed by atoms with van der Waals surface area (Å²) in [6.45, 7) is -6.62. The molecule has 0 aromatic heterocycles. The summed E-state index contributed by atoms with van der Waals surface area (Å²) in [6.07, 6.45) is -17.2. The second-order valence-corrected chi connectivity index (χ2v) is 13.9. The van der Waals surface area contributed by atoms with E-state index in [-0.39, 0.29) is 71.8 Å². The molecule has 16 N–H and O–H groups in total. The van der Waals surface area contributed by atoms with Crippen LogP contribution in [-0.2, 0) is 33.6 Å². The van der Waals surface area contributed by atoms with Gasteiger partial charge in [0.1, 0.15) is 36.6 Å². The predicted molar refractivity (Wildman–Crippen MR) is 193 cm³/mol. The van der Waals surface area contributed by atoms with E-state index in [1.54, 1.807) is 0 Å². The number of nitrogens with zero attached hydrogens (tertiary/aromatic N) is 4. The summed E-state index contributed by atoms with van der Waals surface area (Å²) >= 11 is 0. The minimum absolute atomic E-state index is 0.0290. The molecule has 0 spiro atoms. The summed E-state index contributed by atoms with van der Waals surface area (Å²) < 4.78 is 0. The van der Waals surface area contributed by atoms with Crippen molar-refractivity contribution in [3.63, 3.8) is 0 Å². The summed E-state index contributed by atoms with van der Waals surface area (Å²) in [5.41, 5.74) is -1.48. The average molecular weight is 863 g/mol. The number of aliphatic hydroxyl groups is 10. The van der Waals surface area contributed by atoms with Gasteiger partial charge in [-0.25, -0.2) is 0 Å². The van der Waals surface area contributed by atoms with Crippen LogP contribution in [0.3, 0.4) is 0 Å². The van der Waals surface area contributed by atoms with Gasteiger partial charge in [0.05, 0.1) is 46.0 Å². The predicted octanol–water partition coefficient (Wildman–Crippen LogP) is -9.90. The highest BCUT2D eigenvalue weighted by Crippen LogP contribution is 2.28. The van der Waals surface area contributed by atoms with Crippen LogP contribution in [0, 0.1) is 0 Å². The third kappa shape index (κ3) is 18.6. The lowest BCUT2D eigenvalue weighted by Crippen LogP contribution is -2.62. The molecule has 1 aliphatic heterocycles. The number of aliphatic hydroxyl groups excluding tert-OH is 10. The van der Waals surface area contributed by atoms with Crippen LogP contribution in [0.25, 0.3) is 0 Å². The Morgan fingerprint density at radius 2 is 1.00 bits per heavy atom. The molecule has 1 saturated heterocycles. The maximum Gasteiger partial charge on any atom is 0.317 e. The minimum atomic E-state index is -2.29. The zero-order valence-corrected chi connectivity index (χ0v) is 32.0. The second kappa shape index (κ2) is 26.4. The van der Waals surface area contributed by atoms with Crippen molar-refractivity contribution in [1.29, 1.82) is 0 Å². The maximum atomic E-state index is 12.5. The Morgan fingerprint density at radius 1 is 0.610 bits per heavy atom.